The Balaban J connectivity index is 0.00000280. The van der Waals surface area contributed by atoms with Crippen LogP contribution in [0.3, 0.4) is 0 Å². The van der Waals surface area contributed by atoms with Crippen LogP contribution in [0.25, 0.3) is 0 Å². The summed E-state index contributed by atoms with van der Waals surface area (Å²) in [7, 11) is 1.81. The standard InChI is InChI=1S/C22H30N4O.HI/c1-17-8-10-18(11-9-17)21-19(6-5-15-27-21)16-26-22(23-2)25-14-12-20-7-3-4-13-24-20;/h3-4,7-11,13,19,21H,5-6,12,14-16H2,1-2H3,(H2,23,25,26);1H. The molecule has 1 aliphatic heterocycles. The number of pyridine rings is 1. The van der Waals surface area contributed by atoms with Gasteiger partial charge in [-0.25, -0.2) is 0 Å². The number of aryl methyl sites for hydroxylation is 1. The van der Waals surface area contributed by atoms with E-state index in [0.29, 0.717) is 5.92 Å². The number of hydrogen-bond donors (Lipinski definition) is 2. The van der Waals surface area contributed by atoms with E-state index in [2.05, 4.69) is 51.8 Å². The fraction of sp³-hybridized carbons (Fsp3) is 0.455. The van der Waals surface area contributed by atoms with Gasteiger partial charge in [-0.3, -0.25) is 9.98 Å². The van der Waals surface area contributed by atoms with E-state index in [1.54, 1.807) is 0 Å². The predicted molar refractivity (Wildman–Crippen MR) is 125 cm³/mol. The minimum absolute atomic E-state index is 0. The fourth-order valence-electron chi connectivity index (χ4n) is 3.48. The van der Waals surface area contributed by atoms with Crippen LogP contribution in [0.5, 0.6) is 0 Å². The van der Waals surface area contributed by atoms with Gasteiger partial charge in [0.1, 0.15) is 0 Å². The maximum absolute atomic E-state index is 6.11. The van der Waals surface area contributed by atoms with E-state index in [1.165, 1.54) is 11.1 Å². The topological polar surface area (TPSA) is 58.5 Å². The Labute approximate surface area is 185 Å². The lowest BCUT2D eigenvalue weighted by Gasteiger charge is -2.32. The van der Waals surface area contributed by atoms with Crippen molar-refractivity contribution in [3.8, 4) is 0 Å². The first-order valence-electron chi connectivity index (χ1n) is 9.79. The summed E-state index contributed by atoms with van der Waals surface area (Å²) in [5.74, 6) is 1.27. The average Bonchev–Trinajstić information content (AvgIpc) is 2.72. The summed E-state index contributed by atoms with van der Waals surface area (Å²) >= 11 is 0. The lowest BCUT2D eigenvalue weighted by atomic mass is 9.89. The molecule has 0 bridgehead atoms. The zero-order chi connectivity index (χ0) is 18.9. The van der Waals surface area contributed by atoms with E-state index in [0.717, 1.165) is 50.6 Å². The quantitative estimate of drug-likeness (QED) is 0.364. The molecule has 0 aliphatic carbocycles. The third kappa shape index (κ3) is 6.74. The SMILES string of the molecule is CN=C(NCCc1ccccn1)NCC1CCCOC1c1ccc(C)cc1.I. The minimum Gasteiger partial charge on any atom is -0.373 e. The molecule has 5 nitrogen and oxygen atoms in total. The normalized spacial score (nSPS) is 19.6. The second kappa shape index (κ2) is 12.0. The van der Waals surface area contributed by atoms with Crippen LogP contribution in [0.1, 0.15) is 35.8 Å². The molecule has 0 amide bonds. The van der Waals surface area contributed by atoms with Gasteiger partial charge in [0.2, 0.25) is 0 Å². The lowest BCUT2D eigenvalue weighted by molar-refractivity contribution is -0.0265. The van der Waals surface area contributed by atoms with Gasteiger partial charge in [0.15, 0.2) is 5.96 Å². The molecule has 2 heterocycles. The van der Waals surface area contributed by atoms with E-state index >= 15 is 0 Å². The molecule has 152 valence electrons. The van der Waals surface area contributed by atoms with Crippen LogP contribution < -0.4 is 10.6 Å². The smallest absolute Gasteiger partial charge is 0.191 e. The monoisotopic (exact) mass is 494 g/mol. The molecule has 1 aromatic heterocycles. The van der Waals surface area contributed by atoms with Gasteiger partial charge >= 0.3 is 0 Å². The van der Waals surface area contributed by atoms with Crippen LogP contribution in [0.4, 0.5) is 0 Å². The zero-order valence-electron chi connectivity index (χ0n) is 16.7. The van der Waals surface area contributed by atoms with Gasteiger partial charge in [0.05, 0.1) is 6.10 Å². The maximum atomic E-state index is 6.11. The summed E-state index contributed by atoms with van der Waals surface area (Å²) in [6.45, 7) is 4.61. The van der Waals surface area contributed by atoms with Gasteiger partial charge in [-0.15, -0.1) is 24.0 Å². The van der Waals surface area contributed by atoms with Gasteiger partial charge in [0, 0.05) is 51.0 Å². The number of halogens is 1. The van der Waals surface area contributed by atoms with Crippen molar-refractivity contribution in [3.63, 3.8) is 0 Å². The number of nitrogens with one attached hydrogen (secondary N) is 2. The van der Waals surface area contributed by atoms with Crippen molar-refractivity contribution in [3.05, 3.63) is 65.5 Å². The van der Waals surface area contributed by atoms with Crippen LogP contribution >= 0.6 is 24.0 Å². The molecule has 3 rings (SSSR count). The fourth-order valence-corrected chi connectivity index (χ4v) is 3.48. The van der Waals surface area contributed by atoms with Crippen molar-refractivity contribution in [2.45, 2.75) is 32.3 Å². The summed E-state index contributed by atoms with van der Waals surface area (Å²) in [5, 5.41) is 6.85. The first-order valence-corrected chi connectivity index (χ1v) is 9.79. The number of rotatable bonds is 6. The predicted octanol–water partition coefficient (Wildman–Crippen LogP) is 3.88. The highest BCUT2D eigenvalue weighted by Crippen LogP contribution is 2.33. The summed E-state index contributed by atoms with van der Waals surface area (Å²) in [6.07, 6.45) is 5.13. The van der Waals surface area contributed by atoms with Crippen LogP contribution in [0, 0.1) is 12.8 Å². The largest absolute Gasteiger partial charge is 0.373 e. The molecule has 0 radical (unpaired) electrons. The Morgan fingerprint density at radius 2 is 2.00 bits per heavy atom. The summed E-state index contributed by atoms with van der Waals surface area (Å²) < 4.78 is 6.11. The number of benzene rings is 1. The summed E-state index contributed by atoms with van der Waals surface area (Å²) in [6, 6.07) is 14.7. The molecule has 2 aromatic rings. The number of aliphatic imine (C=N–C) groups is 1. The van der Waals surface area contributed by atoms with Crippen LogP contribution in [-0.4, -0.2) is 37.7 Å². The number of ether oxygens (including phenoxy) is 1. The molecule has 6 heteroatoms. The highest BCUT2D eigenvalue weighted by molar-refractivity contribution is 14.0. The third-order valence-corrected chi connectivity index (χ3v) is 5.01. The molecule has 28 heavy (non-hydrogen) atoms. The second-order valence-corrected chi connectivity index (χ2v) is 7.06. The highest BCUT2D eigenvalue weighted by Gasteiger charge is 2.27. The molecule has 1 aliphatic rings. The van der Waals surface area contributed by atoms with E-state index in [-0.39, 0.29) is 30.1 Å². The van der Waals surface area contributed by atoms with Gasteiger partial charge in [-0.1, -0.05) is 35.9 Å². The Morgan fingerprint density at radius 1 is 1.18 bits per heavy atom. The average molecular weight is 494 g/mol. The van der Waals surface area contributed by atoms with Gasteiger partial charge in [-0.2, -0.15) is 0 Å². The maximum Gasteiger partial charge on any atom is 0.191 e. The molecule has 2 N–H and O–H groups in total. The minimum atomic E-state index is 0. The first-order chi connectivity index (χ1) is 13.3. The Hall–Kier alpha value is -1.67. The van der Waals surface area contributed by atoms with Crippen molar-refractivity contribution < 1.29 is 4.74 Å². The van der Waals surface area contributed by atoms with Gasteiger partial charge in [-0.05, 0) is 37.5 Å². The second-order valence-electron chi connectivity index (χ2n) is 7.06. The highest BCUT2D eigenvalue weighted by atomic mass is 127. The Bertz CT molecular complexity index is 721. The third-order valence-electron chi connectivity index (χ3n) is 5.01. The van der Waals surface area contributed by atoms with E-state index < -0.39 is 0 Å². The lowest BCUT2D eigenvalue weighted by Crippen LogP contribution is -2.42. The van der Waals surface area contributed by atoms with Crippen molar-refractivity contribution in [2.75, 3.05) is 26.7 Å². The number of guanidine groups is 1. The first kappa shape index (κ1) is 22.6. The van der Waals surface area contributed by atoms with E-state index in [4.69, 9.17) is 4.74 Å². The molecule has 0 saturated carbocycles. The van der Waals surface area contributed by atoms with Crippen molar-refractivity contribution in [2.24, 2.45) is 10.9 Å². The van der Waals surface area contributed by atoms with Gasteiger partial charge < -0.3 is 15.4 Å². The molecule has 2 unspecified atom stereocenters. The Kier molecular flexibility index (Phi) is 9.70. The summed E-state index contributed by atoms with van der Waals surface area (Å²) in [5.41, 5.74) is 3.63. The number of nitrogens with zero attached hydrogens (tertiary/aromatic N) is 2. The zero-order valence-corrected chi connectivity index (χ0v) is 19.1. The van der Waals surface area contributed by atoms with Crippen LogP contribution in [0.2, 0.25) is 0 Å². The van der Waals surface area contributed by atoms with Crippen molar-refractivity contribution in [1.82, 2.24) is 15.6 Å². The molecule has 0 spiro atoms. The molecular formula is C22H31IN4O. The molecule has 2 atom stereocenters. The molecule has 1 aromatic carbocycles. The number of hydrogen-bond acceptors (Lipinski definition) is 3. The molecular weight excluding hydrogens is 463 g/mol. The van der Waals surface area contributed by atoms with E-state index in [1.807, 2.05) is 31.4 Å². The number of aromatic nitrogens is 1. The molecule has 1 saturated heterocycles. The van der Waals surface area contributed by atoms with E-state index in [9.17, 15) is 0 Å². The van der Waals surface area contributed by atoms with Crippen LogP contribution in [0.15, 0.2) is 53.7 Å². The van der Waals surface area contributed by atoms with Crippen molar-refractivity contribution in [1.29, 1.82) is 0 Å². The van der Waals surface area contributed by atoms with Crippen LogP contribution in [-0.2, 0) is 11.2 Å². The molecule has 1 fully saturated rings. The summed E-state index contributed by atoms with van der Waals surface area (Å²) in [4.78, 5) is 8.70. The van der Waals surface area contributed by atoms with Crippen molar-refractivity contribution >= 4 is 29.9 Å². The van der Waals surface area contributed by atoms with Gasteiger partial charge in [0.25, 0.3) is 0 Å². The Morgan fingerprint density at radius 3 is 2.71 bits per heavy atom.